The Hall–Kier alpha value is -2.63. The van der Waals surface area contributed by atoms with Crippen molar-refractivity contribution >= 4 is 17.5 Å². The van der Waals surface area contributed by atoms with E-state index in [-0.39, 0.29) is 17.1 Å². The molecule has 0 spiro atoms. The molecular formula is C13H12FN3O2. The molecule has 0 aliphatic carbocycles. The molecule has 98 valence electrons. The predicted octanol–water partition coefficient (Wildman–Crippen LogP) is 2.11. The Morgan fingerprint density at radius 1 is 1.32 bits per heavy atom. The van der Waals surface area contributed by atoms with Crippen molar-refractivity contribution in [2.75, 3.05) is 11.1 Å². The van der Waals surface area contributed by atoms with Crippen molar-refractivity contribution in [3.05, 3.63) is 53.5 Å². The average molecular weight is 261 g/mol. The van der Waals surface area contributed by atoms with Crippen molar-refractivity contribution in [1.82, 2.24) is 4.98 Å². The molecule has 0 aliphatic heterocycles. The van der Waals surface area contributed by atoms with Crippen LogP contribution in [0.4, 0.5) is 15.9 Å². The first kappa shape index (κ1) is 12.8. The molecule has 19 heavy (non-hydrogen) atoms. The molecule has 0 fully saturated rings. The summed E-state index contributed by atoms with van der Waals surface area (Å²) in [6.45, 7) is 0.376. The number of nitrogen functional groups attached to an aromatic ring is 1. The predicted molar refractivity (Wildman–Crippen MR) is 69.3 cm³/mol. The van der Waals surface area contributed by atoms with E-state index < -0.39 is 5.97 Å². The fraction of sp³-hybridized carbons (Fsp3) is 0.0769. The number of anilines is 2. The first-order chi connectivity index (χ1) is 9.08. The minimum atomic E-state index is -1.11. The number of hydrogen-bond donors (Lipinski definition) is 3. The van der Waals surface area contributed by atoms with Gasteiger partial charge < -0.3 is 16.2 Å². The lowest BCUT2D eigenvalue weighted by molar-refractivity contribution is 0.0698. The third kappa shape index (κ3) is 2.98. The summed E-state index contributed by atoms with van der Waals surface area (Å²) in [6, 6.07) is 7.28. The fourth-order valence-corrected chi connectivity index (χ4v) is 1.59. The van der Waals surface area contributed by atoms with Gasteiger partial charge in [-0.05, 0) is 23.8 Å². The van der Waals surface area contributed by atoms with Gasteiger partial charge in [0.1, 0.15) is 11.6 Å². The van der Waals surface area contributed by atoms with Gasteiger partial charge in [-0.1, -0.05) is 12.1 Å². The molecule has 0 unspecified atom stereocenters. The largest absolute Gasteiger partial charge is 0.478 e. The number of carboxylic acids is 1. The highest BCUT2D eigenvalue weighted by atomic mass is 19.1. The molecule has 1 aromatic heterocycles. The number of nitrogens with one attached hydrogen (secondary N) is 1. The lowest BCUT2D eigenvalue weighted by Gasteiger charge is -2.09. The summed E-state index contributed by atoms with van der Waals surface area (Å²) in [7, 11) is 0. The lowest BCUT2D eigenvalue weighted by Crippen LogP contribution is -2.09. The summed E-state index contributed by atoms with van der Waals surface area (Å²) < 4.78 is 12.7. The van der Waals surface area contributed by atoms with Crippen LogP contribution in [0.25, 0.3) is 0 Å². The van der Waals surface area contributed by atoms with Crippen molar-refractivity contribution in [2.24, 2.45) is 0 Å². The van der Waals surface area contributed by atoms with E-state index in [0.29, 0.717) is 12.4 Å². The maximum absolute atomic E-state index is 12.7. The first-order valence-corrected chi connectivity index (χ1v) is 5.54. The van der Waals surface area contributed by atoms with E-state index in [2.05, 4.69) is 10.3 Å². The van der Waals surface area contributed by atoms with Crippen LogP contribution in [0, 0.1) is 5.82 Å². The number of aromatic carboxylic acids is 1. The maximum atomic E-state index is 12.7. The summed E-state index contributed by atoms with van der Waals surface area (Å²) in [5, 5.41) is 11.9. The Bertz CT molecular complexity index is 599. The fourth-order valence-electron chi connectivity index (χ4n) is 1.59. The van der Waals surface area contributed by atoms with Crippen molar-refractivity contribution < 1.29 is 14.3 Å². The second-order valence-electron chi connectivity index (χ2n) is 3.91. The molecule has 6 heteroatoms. The Morgan fingerprint density at radius 3 is 2.63 bits per heavy atom. The number of rotatable bonds is 4. The molecule has 0 aliphatic rings. The minimum Gasteiger partial charge on any atom is -0.478 e. The molecule has 0 amide bonds. The molecule has 1 aromatic carbocycles. The van der Waals surface area contributed by atoms with Gasteiger partial charge >= 0.3 is 5.97 Å². The van der Waals surface area contributed by atoms with Gasteiger partial charge in [-0.15, -0.1) is 0 Å². The maximum Gasteiger partial charge on any atom is 0.337 e. The molecular weight excluding hydrogens is 249 g/mol. The smallest absolute Gasteiger partial charge is 0.337 e. The number of halogens is 1. The molecule has 0 saturated carbocycles. The molecule has 2 aromatic rings. The van der Waals surface area contributed by atoms with Gasteiger partial charge in [0, 0.05) is 12.7 Å². The molecule has 5 nitrogen and oxygen atoms in total. The van der Waals surface area contributed by atoms with Crippen LogP contribution in [-0.2, 0) is 6.54 Å². The summed E-state index contributed by atoms with van der Waals surface area (Å²) in [5.41, 5.74) is 6.62. The van der Waals surface area contributed by atoms with E-state index in [1.165, 1.54) is 24.4 Å². The normalized spacial score (nSPS) is 10.2. The van der Waals surface area contributed by atoms with E-state index >= 15 is 0 Å². The highest BCUT2D eigenvalue weighted by Crippen LogP contribution is 2.20. The first-order valence-electron chi connectivity index (χ1n) is 5.54. The van der Waals surface area contributed by atoms with Gasteiger partial charge in [-0.3, -0.25) is 0 Å². The van der Waals surface area contributed by atoms with E-state index in [4.69, 9.17) is 10.8 Å². The number of pyridine rings is 1. The van der Waals surface area contributed by atoms with E-state index in [0.717, 1.165) is 5.56 Å². The van der Waals surface area contributed by atoms with Gasteiger partial charge in [0.2, 0.25) is 0 Å². The number of carboxylic acid groups (broad SMARTS) is 1. The molecule has 2 rings (SSSR count). The standard InChI is InChI=1S/C13H12FN3O2/c14-9-3-1-8(2-4-9)7-17-12-11(15)10(13(18)19)5-6-16-12/h1-6H,7,15H2,(H,16,17)(H,18,19). The third-order valence-electron chi connectivity index (χ3n) is 2.59. The number of hydrogen-bond acceptors (Lipinski definition) is 4. The Balaban J connectivity index is 2.13. The van der Waals surface area contributed by atoms with Crippen molar-refractivity contribution in [3.8, 4) is 0 Å². The topological polar surface area (TPSA) is 88.2 Å². The van der Waals surface area contributed by atoms with Gasteiger partial charge in [-0.2, -0.15) is 0 Å². The number of benzene rings is 1. The average Bonchev–Trinajstić information content (AvgIpc) is 2.39. The van der Waals surface area contributed by atoms with Crippen LogP contribution < -0.4 is 11.1 Å². The van der Waals surface area contributed by atoms with E-state index in [9.17, 15) is 9.18 Å². The number of nitrogens with zero attached hydrogens (tertiary/aromatic N) is 1. The zero-order valence-corrected chi connectivity index (χ0v) is 9.93. The molecule has 1 heterocycles. The Morgan fingerprint density at radius 2 is 2.00 bits per heavy atom. The third-order valence-corrected chi connectivity index (χ3v) is 2.59. The number of nitrogens with two attached hydrogens (primary N) is 1. The number of aromatic nitrogens is 1. The lowest BCUT2D eigenvalue weighted by atomic mass is 10.2. The Labute approximate surface area is 108 Å². The Kier molecular flexibility index (Phi) is 3.61. The van der Waals surface area contributed by atoms with Crippen LogP contribution in [0.5, 0.6) is 0 Å². The second-order valence-corrected chi connectivity index (χ2v) is 3.91. The van der Waals surface area contributed by atoms with Crippen molar-refractivity contribution in [1.29, 1.82) is 0 Å². The molecule has 0 atom stereocenters. The molecule has 0 radical (unpaired) electrons. The van der Waals surface area contributed by atoms with Crippen LogP contribution in [0.1, 0.15) is 15.9 Å². The zero-order chi connectivity index (χ0) is 13.8. The highest BCUT2D eigenvalue weighted by molar-refractivity contribution is 5.96. The van der Waals surface area contributed by atoms with Crippen LogP contribution in [0.2, 0.25) is 0 Å². The van der Waals surface area contributed by atoms with Crippen molar-refractivity contribution in [2.45, 2.75) is 6.54 Å². The van der Waals surface area contributed by atoms with Crippen LogP contribution >= 0.6 is 0 Å². The SMILES string of the molecule is Nc1c(C(=O)O)ccnc1NCc1ccc(F)cc1. The van der Waals surface area contributed by atoms with E-state index in [1.54, 1.807) is 12.1 Å². The van der Waals surface area contributed by atoms with Crippen molar-refractivity contribution in [3.63, 3.8) is 0 Å². The summed E-state index contributed by atoms with van der Waals surface area (Å²) in [6.07, 6.45) is 1.37. The molecule has 0 bridgehead atoms. The van der Waals surface area contributed by atoms with Gasteiger partial charge in [-0.25, -0.2) is 14.2 Å². The molecule has 4 N–H and O–H groups in total. The van der Waals surface area contributed by atoms with Crippen LogP contribution in [-0.4, -0.2) is 16.1 Å². The quantitative estimate of drug-likeness (QED) is 0.784. The van der Waals surface area contributed by atoms with Gasteiger partial charge in [0.15, 0.2) is 0 Å². The monoisotopic (exact) mass is 261 g/mol. The van der Waals surface area contributed by atoms with Crippen LogP contribution in [0.3, 0.4) is 0 Å². The summed E-state index contributed by atoms with van der Waals surface area (Å²) in [5.74, 6) is -1.12. The zero-order valence-electron chi connectivity index (χ0n) is 9.93. The second kappa shape index (κ2) is 5.34. The summed E-state index contributed by atoms with van der Waals surface area (Å²) in [4.78, 5) is 14.9. The number of carbonyl (C=O) groups is 1. The minimum absolute atomic E-state index is 0.00314. The van der Waals surface area contributed by atoms with Gasteiger partial charge in [0.25, 0.3) is 0 Å². The van der Waals surface area contributed by atoms with Gasteiger partial charge in [0.05, 0.1) is 11.3 Å². The van der Waals surface area contributed by atoms with Crippen LogP contribution in [0.15, 0.2) is 36.5 Å². The summed E-state index contributed by atoms with van der Waals surface area (Å²) >= 11 is 0. The highest BCUT2D eigenvalue weighted by Gasteiger charge is 2.11. The molecule has 0 saturated heterocycles. The van der Waals surface area contributed by atoms with E-state index in [1.807, 2.05) is 0 Å².